The summed E-state index contributed by atoms with van der Waals surface area (Å²) in [6, 6.07) is 11.7. The summed E-state index contributed by atoms with van der Waals surface area (Å²) in [4.78, 5) is 28.6. The van der Waals surface area contributed by atoms with Crippen molar-refractivity contribution in [2.45, 2.75) is 13.5 Å². The van der Waals surface area contributed by atoms with Crippen molar-refractivity contribution in [2.24, 2.45) is 0 Å². The number of anilines is 1. The number of nitrogens with zero attached hydrogens (tertiary/aromatic N) is 1. The first kappa shape index (κ1) is 17.7. The lowest BCUT2D eigenvalue weighted by Crippen LogP contribution is -2.23. The maximum absolute atomic E-state index is 12.4. The molecule has 0 spiro atoms. The van der Waals surface area contributed by atoms with Gasteiger partial charge in [-0.1, -0.05) is 17.7 Å². The molecule has 0 aliphatic carbocycles. The van der Waals surface area contributed by atoms with Crippen LogP contribution >= 0.6 is 11.6 Å². The van der Waals surface area contributed by atoms with E-state index in [-0.39, 0.29) is 18.1 Å². The molecule has 2 N–H and O–H groups in total. The first-order valence-corrected chi connectivity index (χ1v) is 8.25. The van der Waals surface area contributed by atoms with Gasteiger partial charge in [0.15, 0.2) is 0 Å². The van der Waals surface area contributed by atoms with E-state index in [1.54, 1.807) is 24.3 Å². The van der Waals surface area contributed by atoms with E-state index in [4.69, 9.17) is 16.0 Å². The van der Waals surface area contributed by atoms with Crippen LogP contribution in [0.3, 0.4) is 0 Å². The van der Waals surface area contributed by atoms with Crippen molar-refractivity contribution in [3.63, 3.8) is 0 Å². The number of amides is 2. The maximum Gasteiger partial charge on any atom is 0.274 e. The molecule has 0 bridgehead atoms. The van der Waals surface area contributed by atoms with Gasteiger partial charge in [-0.05, 0) is 48.9 Å². The molecular formula is C19H16ClN3O3. The number of aromatic nitrogens is 1. The number of hydrogen-bond donors (Lipinski definition) is 2. The first-order chi connectivity index (χ1) is 12.5. The minimum atomic E-state index is -0.425. The minimum Gasteiger partial charge on any atom is -0.467 e. The predicted octanol–water partition coefficient (Wildman–Crippen LogP) is 3.82. The topological polar surface area (TPSA) is 84.2 Å². The lowest BCUT2D eigenvalue weighted by Gasteiger charge is -2.08. The second-order valence-corrected chi connectivity index (χ2v) is 6.02. The van der Waals surface area contributed by atoms with Gasteiger partial charge in [0.05, 0.1) is 12.8 Å². The van der Waals surface area contributed by atoms with E-state index in [1.165, 1.54) is 24.6 Å². The normalized spacial score (nSPS) is 10.4. The van der Waals surface area contributed by atoms with E-state index in [0.29, 0.717) is 22.0 Å². The highest BCUT2D eigenvalue weighted by atomic mass is 35.5. The Kier molecular flexibility index (Phi) is 5.34. The van der Waals surface area contributed by atoms with Gasteiger partial charge in [0.1, 0.15) is 11.5 Å². The van der Waals surface area contributed by atoms with Gasteiger partial charge in [-0.2, -0.15) is 0 Å². The molecule has 1 aromatic carbocycles. The molecule has 0 saturated heterocycles. The van der Waals surface area contributed by atoms with Gasteiger partial charge in [-0.15, -0.1) is 0 Å². The van der Waals surface area contributed by atoms with Gasteiger partial charge in [0, 0.05) is 22.5 Å². The third-order valence-electron chi connectivity index (χ3n) is 3.69. The molecule has 0 saturated carbocycles. The van der Waals surface area contributed by atoms with Gasteiger partial charge in [-0.25, -0.2) is 0 Å². The summed E-state index contributed by atoms with van der Waals surface area (Å²) < 4.78 is 5.16. The fraction of sp³-hybridized carbons (Fsp3) is 0.105. The van der Waals surface area contributed by atoms with Crippen molar-refractivity contribution in [1.82, 2.24) is 10.3 Å². The predicted molar refractivity (Wildman–Crippen MR) is 98.3 cm³/mol. The Morgan fingerprint density at radius 3 is 2.73 bits per heavy atom. The molecule has 132 valence electrons. The van der Waals surface area contributed by atoms with E-state index < -0.39 is 5.91 Å². The second-order valence-electron chi connectivity index (χ2n) is 5.61. The van der Waals surface area contributed by atoms with Crippen molar-refractivity contribution in [3.05, 3.63) is 82.5 Å². The zero-order valence-electron chi connectivity index (χ0n) is 14.0. The molecule has 2 aromatic heterocycles. The summed E-state index contributed by atoms with van der Waals surface area (Å²) in [5.41, 5.74) is 1.93. The average Bonchev–Trinajstić information content (AvgIpc) is 3.16. The minimum absolute atomic E-state index is 0.132. The van der Waals surface area contributed by atoms with E-state index in [1.807, 2.05) is 13.0 Å². The van der Waals surface area contributed by atoms with Crippen LogP contribution in [0.5, 0.6) is 0 Å². The molecule has 0 aliphatic heterocycles. The number of carbonyl (C=O) groups excluding carboxylic acids is 2. The van der Waals surface area contributed by atoms with Gasteiger partial charge in [0.2, 0.25) is 0 Å². The third-order valence-corrected chi connectivity index (χ3v) is 4.09. The number of hydrogen-bond acceptors (Lipinski definition) is 4. The van der Waals surface area contributed by atoms with Gasteiger partial charge >= 0.3 is 0 Å². The number of rotatable bonds is 5. The Labute approximate surface area is 155 Å². The Hall–Kier alpha value is -3.12. The van der Waals surface area contributed by atoms with Crippen molar-refractivity contribution in [2.75, 3.05) is 5.32 Å². The molecule has 0 radical (unpaired) electrons. The number of aryl methyl sites for hydroxylation is 1. The number of nitrogens with one attached hydrogen (secondary N) is 2. The van der Waals surface area contributed by atoms with E-state index in [0.717, 1.165) is 5.56 Å². The Morgan fingerprint density at radius 1 is 1.15 bits per heavy atom. The summed E-state index contributed by atoms with van der Waals surface area (Å²) in [5.74, 6) is -0.108. The number of pyridine rings is 1. The molecule has 0 atom stereocenters. The first-order valence-electron chi connectivity index (χ1n) is 7.87. The summed E-state index contributed by atoms with van der Waals surface area (Å²) in [7, 11) is 0. The SMILES string of the molecule is Cc1ccc(NC(=O)c2cc(C(=O)NCc3ccco3)ccn2)cc1Cl. The number of benzene rings is 1. The molecule has 0 aliphatic rings. The molecule has 3 rings (SSSR count). The van der Waals surface area contributed by atoms with Gasteiger partial charge in [0.25, 0.3) is 11.8 Å². The van der Waals surface area contributed by atoms with E-state index in [9.17, 15) is 9.59 Å². The van der Waals surface area contributed by atoms with Crippen molar-refractivity contribution in [1.29, 1.82) is 0 Å². The van der Waals surface area contributed by atoms with Gasteiger partial charge < -0.3 is 15.1 Å². The van der Waals surface area contributed by atoms with Crippen LogP contribution in [0.15, 0.2) is 59.3 Å². The fourth-order valence-electron chi connectivity index (χ4n) is 2.24. The number of furan rings is 1. The van der Waals surface area contributed by atoms with Crippen LogP contribution in [0.25, 0.3) is 0 Å². The quantitative estimate of drug-likeness (QED) is 0.716. The highest BCUT2D eigenvalue weighted by Crippen LogP contribution is 2.20. The van der Waals surface area contributed by atoms with Crippen molar-refractivity contribution in [3.8, 4) is 0 Å². The molecule has 26 heavy (non-hydrogen) atoms. The number of carbonyl (C=O) groups is 2. The average molecular weight is 370 g/mol. The maximum atomic E-state index is 12.4. The Morgan fingerprint density at radius 2 is 2.00 bits per heavy atom. The zero-order valence-corrected chi connectivity index (χ0v) is 14.7. The summed E-state index contributed by atoms with van der Waals surface area (Å²) >= 11 is 6.06. The molecular weight excluding hydrogens is 354 g/mol. The zero-order chi connectivity index (χ0) is 18.5. The van der Waals surface area contributed by atoms with E-state index in [2.05, 4.69) is 15.6 Å². The smallest absolute Gasteiger partial charge is 0.274 e. The lowest BCUT2D eigenvalue weighted by molar-refractivity contribution is 0.0948. The van der Waals surface area contributed by atoms with Crippen LogP contribution < -0.4 is 10.6 Å². The third kappa shape index (κ3) is 4.29. The highest BCUT2D eigenvalue weighted by molar-refractivity contribution is 6.31. The Bertz CT molecular complexity index is 939. The molecule has 0 fully saturated rings. The van der Waals surface area contributed by atoms with Crippen molar-refractivity contribution >= 4 is 29.1 Å². The lowest BCUT2D eigenvalue weighted by atomic mass is 10.2. The monoisotopic (exact) mass is 369 g/mol. The van der Waals surface area contributed by atoms with Crippen LogP contribution in [-0.2, 0) is 6.54 Å². The molecule has 3 aromatic rings. The largest absolute Gasteiger partial charge is 0.467 e. The van der Waals surface area contributed by atoms with Crippen molar-refractivity contribution < 1.29 is 14.0 Å². The molecule has 6 nitrogen and oxygen atoms in total. The standard InChI is InChI=1S/C19H16ClN3O3/c1-12-4-5-14(10-16(12)20)23-19(25)17-9-13(6-7-21-17)18(24)22-11-15-3-2-8-26-15/h2-10H,11H2,1H3,(H,22,24)(H,23,25). The van der Waals surface area contributed by atoms with Crippen LogP contribution in [0.2, 0.25) is 5.02 Å². The van der Waals surface area contributed by atoms with Gasteiger partial charge in [-0.3, -0.25) is 14.6 Å². The van der Waals surface area contributed by atoms with Crippen LogP contribution in [0, 0.1) is 6.92 Å². The summed E-state index contributed by atoms with van der Waals surface area (Å²) in [6.07, 6.45) is 2.95. The Balaban J connectivity index is 1.68. The van der Waals surface area contributed by atoms with Crippen LogP contribution in [-0.4, -0.2) is 16.8 Å². The summed E-state index contributed by atoms with van der Waals surface area (Å²) in [5, 5.41) is 5.99. The molecule has 0 unspecified atom stereocenters. The van der Waals surface area contributed by atoms with E-state index >= 15 is 0 Å². The molecule has 2 amide bonds. The second kappa shape index (κ2) is 7.84. The fourth-order valence-corrected chi connectivity index (χ4v) is 2.42. The molecule has 7 heteroatoms. The molecule has 2 heterocycles. The highest BCUT2D eigenvalue weighted by Gasteiger charge is 2.13. The summed E-state index contributed by atoms with van der Waals surface area (Å²) in [6.45, 7) is 2.14. The number of halogens is 1. The van der Waals surface area contributed by atoms with Crippen LogP contribution in [0.1, 0.15) is 32.2 Å². The van der Waals surface area contributed by atoms with Crippen LogP contribution in [0.4, 0.5) is 5.69 Å².